The van der Waals surface area contributed by atoms with Crippen LogP contribution in [0.3, 0.4) is 0 Å². The molecule has 208 valence electrons. The number of methoxy groups -OCH3 is 2. The molecule has 2 bridgehead atoms. The van der Waals surface area contributed by atoms with Gasteiger partial charge in [-0.3, -0.25) is 0 Å². The van der Waals surface area contributed by atoms with Gasteiger partial charge in [0.15, 0.2) is 0 Å². The largest absolute Gasteiger partial charge is 0.495 e. The van der Waals surface area contributed by atoms with Gasteiger partial charge in [-0.15, -0.1) is 0 Å². The Labute approximate surface area is 233 Å². The molecular formula is C32H41BO6. The van der Waals surface area contributed by atoms with Crippen LogP contribution in [0.15, 0.2) is 42.5 Å². The number of carbonyl (C=O) groups excluding carboxylic acids is 2. The molecule has 1 aliphatic heterocycles. The fourth-order valence-electron chi connectivity index (χ4n) is 5.75. The van der Waals surface area contributed by atoms with Gasteiger partial charge in [0.05, 0.1) is 36.5 Å². The quantitative estimate of drug-likeness (QED) is 0.352. The molecule has 2 aromatic carbocycles. The molecule has 0 radical (unpaired) electrons. The van der Waals surface area contributed by atoms with Crippen LogP contribution in [-0.4, -0.2) is 44.5 Å². The number of aryl methyl sites for hydroxylation is 2. The summed E-state index contributed by atoms with van der Waals surface area (Å²) in [7, 11) is 2.39. The van der Waals surface area contributed by atoms with Crippen molar-refractivity contribution in [2.75, 3.05) is 14.2 Å². The van der Waals surface area contributed by atoms with E-state index >= 15 is 0 Å². The highest BCUT2D eigenvalue weighted by molar-refractivity contribution is 6.62. The van der Waals surface area contributed by atoms with E-state index in [4.69, 9.17) is 18.8 Å². The fourth-order valence-corrected chi connectivity index (χ4v) is 5.75. The van der Waals surface area contributed by atoms with Crippen LogP contribution >= 0.6 is 0 Å². The number of allylic oxidation sites excluding steroid dienone is 2. The Morgan fingerprint density at radius 1 is 0.846 bits per heavy atom. The van der Waals surface area contributed by atoms with Crippen molar-refractivity contribution in [3.05, 3.63) is 70.3 Å². The van der Waals surface area contributed by atoms with Gasteiger partial charge < -0.3 is 18.8 Å². The molecule has 2 unspecified atom stereocenters. The van der Waals surface area contributed by atoms with Crippen LogP contribution in [0.4, 0.5) is 0 Å². The monoisotopic (exact) mass is 532 g/mol. The number of carbonyl (C=O) groups is 2. The zero-order valence-electron chi connectivity index (χ0n) is 24.6. The standard InChI is InChI=1S/C17H20O2.C15H21BO4/c1-11-9-14(17(18)19-2)6-8-15(11)16-7-4-12-3-5-13(16)10-12;1-10-9-11(13(17)18-6)7-8-12(10)16-19-14(2,3)15(4,5)20-16/h6-9,12-13H,3-5,10H2,1-2H3;7-9H,1-6H3. The number of esters is 2. The van der Waals surface area contributed by atoms with E-state index in [1.54, 1.807) is 12.1 Å². The van der Waals surface area contributed by atoms with Crippen molar-refractivity contribution < 1.29 is 28.4 Å². The molecule has 0 aromatic heterocycles. The van der Waals surface area contributed by atoms with Crippen molar-refractivity contribution in [1.82, 2.24) is 0 Å². The maximum atomic E-state index is 11.5. The minimum Gasteiger partial charge on any atom is -0.465 e. The summed E-state index contributed by atoms with van der Waals surface area (Å²) in [6.45, 7) is 12.1. The lowest BCUT2D eigenvalue weighted by molar-refractivity contribution is 0.00578. The second-order valence-corrected chi connectivity index (χ2v) is 11.9. The zero-order chi connectivity index (χ0) is 28.5. The van der Waals surface area contributed by atoms with Gasteiger partial charge in [-0.25, -0.2) is 9.59 Å². The van der Waals surface area contributed by atoms with Crippen molar-refractivity contribution in [3.63, 3.8) is 0 Å². The average Bonchev–Trinajstić information content (AvgIpc) is 3.38. The summed E-state index contributed by atoms with van der Waals surface area (Å²) >= 11 is 0. The number of benzene rings is 2. The highest BCUT2D eigenvalue weighted by Gasteiger charge is 2.52. The van der Waals surface area contributed by atoms with Gasteiger partial charge in [-0.05, 0) is 125 Å². The molecule has 6 nitrogen and oxygen atoms in total. The van der Waals surface area contributed by atoms with Crippen LogP contribution in [0.5, 0.6) is 0 Å². The Morgan fingerprint density at radius 2 is 1.41 bits per heavy atom. The molecule has 2 fully saturated rings. The number of hydrogen-bond acceptors (Lipinski definition) is 6. The van der Waals surface area contributed by atoms with E-state index in [1.165, 1.54) is 56.6 Å². The van der Waals surface area contributed by atoms with Gasteiger partial charge in [0.25, 0.3) is 0 Å². The normalized spacial score (nSPS) is 22.5. The Hall–Kier alpha value is -2.90. The highest BCUT2D eigenvalue weighted by Crippen LogP contribution is 2.46. The third-order valence-corrected chi connectivity index (χ3v) is 8.81. The Bertz CT molecular complexity index is 1260. The third kappa shape index (κ3) is 6.00. The molecule has 5 rings (SSSR count). The van der Waals surface area contributed by atoms with Crippen LogP contribution in [0.1, 0.15) is 90.8 Å². The highest BCUT2D eigenvalue weighted by atomic mass is 16.7. The SMILES string of the molecule is COC(=O)c1ccc(B2OC(C)(C)C(C)(C)O2)c(C)c1.COC(=O)c1ccc(C2=CCC3CCC2C3)c(C)c1. The molecule has 7 heteroatoms. The molecule has 2 aromatic rings. The van der Waals surface area contributed by atoms with Crippen LogP contribution in [0.2, 0.25) is 0 Å². The minimum absolute atomic E-state index is 0.256. The van der Waals surface area contributed by atoms with Crippen LogP contribution < -0.4 is 5.46 Å². The molecule has 2 aliphatic carbocycles. The average molecular weight is 532 g/mol. The van der Waals surface area contributed by atoms with Crippen LogP contribution in [0, 0.1) is 25.7 Å². The van der Waals surface area contributed by atoms with Gasteiger partial charge in [-0.2, -0.15) is 0 Å². The summed E-state index contributed by atoms with van der Waals surface area (Å²) in [5.41, 5.74) is 6.33. The third-order valence-electron chi connectivity index (χ3n) is 8.81. The minimum atomic E-state index is -0.410. The summed E-state index contributed by atoms with van der Waals surface area (Å²) in [6, 6.07) is 11.3. The van der Waals surface area contributed by atoms with E-state index in [9.17, 15) is 9.59 Å². The van der Waals surface area contributed by atoms with Gasteiger partial charge in [-0.1, -0.05) is 23.8 Å². The fraction of sp³-hybridized carbons (Fsp3) is 0.500. The van der Waals surface area contributed by atoms with Crippen molar-refractivity contribution >= 4 is 30.1 Å². The van der Waals surface area contributed by atoms with Crippen molar-refractivity contribution in [2.24, 2.45) is 11.8 Å². The van der Waals surface area contributed by atoms with E-state index in [1.807, 2.05) is 52.8 Å². The topological polar surface area (TPSA) is 71.1 Å². The Morgan fingerprint density at radius 3 is 1.95 bits per heavy atom. The van der Waals surface area contributed by atoms with E-state index in [0.717, 1.165) is 22.9 Å². The molecule has 2 atom stereocenters. The molecular weight excluding hydrogens is 491 g/mol. The lowest BCUT2D eigenvalue weighted by Crippen LogP contribution is -2.41. The smallest absolute Gasteiger partial charge is 0.465 e. The Kier molecular flexibility index (Phi) is 8.43. The lowest BCUT2D eigenvalue weighted by Gasteiger charge is -2.32. The molecule has 0 N–H and O–H groups in total. The maximum absolute atomic E-state index is 11.5. The summed E-state index contributed by atoms with van der Waals surface area (Å²) < 4.78 is 21.5. The molecule has 1 saturated heterocycles. The number of fused-ring (bicyclic) bond motifs is 2. The summed E-state index contributed by atoms with van der Waals surface area (Å²) in [5, 5.41) is 0. The first kappa shape index (κ1) is 29.1. The van der Waals surface area contributed by atoms with E-state index in [2.05, 4.69) is 19.1 Å². The van der Waals surface area contributed by atoms with Gasteiger partial charge in [0.1, 0.15) is 0 Å². The molecule has 0 amide bonds. The predicted molar refractivity (Wildman–Crippen MR) is 154 cm³/mol. The van der Waals surface area contributed by atoms with Crippen LogP contribution in [-0.2, 0) is 18.8 Å². The Balaban J connectivity index is 0.000000181. The lowest BCUT2D eigenvalue weighted by atomic mass is 9.76. The molecule has 39 heavy (non-hydrogen) atoms. The van der Waals surface area contributed by atoms with Crippen molar-refractivity contribution in [3.8, 4) is 0 Å². The number of rotatable bonds is 4. The van der Waals surface area contributed by atoms with Crippen LogP contribution in [0.25, 0.3) is 5.57 Å². The van der Waals surface area contributed by atoms with E-state index < -0.39 is 7.12 Å². The first-order valence-electron chi connectivity index (χ1n) is 13.8. The van der Waals surface area contributed by atoms with Gasteiger partial charge >= 0.3 is 19.1 Å². The molecule has 1 saturated carbocycles. The van der Waals surface area contributed by atoms with Gasteiger partial charge in [0.2, 0.25) is 0 Å². The summed E-state index contributed by atoms with van der Waals surface area (Å²) in [6.07, 6.45) is 7.71. The summed E-state index contributed by atoms with van der Waals surface area (Å²) in [5.74, 6) is 1.06. The second kappa shape index (κ2) is 11.3. The zero-order valence-corrected chi connectivity index (χ0v) is 24.6. The first-order chi connectivity index (χ1) is 18.4. The predicted octanol–water partition coefficient (Wildman–Crippen LogP) is 6.07. The van der Waals surface area contributed by atoms with Gasteiger partial charge in [0, 0.05) is 0 Å². The number of ether oxygens (including phenoxy) is 2. The molecule has 3 aliphatic rings. The van der Waals surface area contributed by atoms with Crippen molar-refractivity contribution in [2.45, 2.75) is 78.4 Å². The van der Waals surface area contributed by atoms with E-state index in [-0.39, 0.29) is 23.1 Å². The first-order valence-corrected chi connectivity index (χ1v) is 13.8. The number of hydrogen-bond donors (Lipinski definition) is 0. The summed E-state index contributed by atoms with van der Waals surface area (Å²) in [4.78, 5) is 23.1. The van der Waals surface area contributed by atoms with E-state index in [0.29, 0.717) is 11.1 Å². The second-order valence-electron chi connectivity index (χ2n) is 11.9. The van der Waals surface area contributed by atoms with Crippen molar-refractivity contribution in [1.29, 1.82) is 0 Å². The molecule has 0 spiro atoms. The maximum Gasteiger partial charge on any atom is 0.495 e. The molecule has 1 heterocycles.